The van der Waals surface area contributed by atoms with Gasteiger partial charge in [-0.3, -0.25) is 9.78 Å². The maximum atomic E-state index is 11.8. The summed E-state index contributed by atoms with van der Waals surface area (Å²) in [5.74, 6) is 0.736. The number of nitrogens with one attached hydrogen (secondary N) is 1. The molecule has 0 aliphatic heterocycles. The fraction of sp³-hybridized carbons (Fsp3) is 0.143. The molecule has 0 radical (unpaired) electrons. The molecule has 0 unspecified atom stereocenters. The largest absolute Gasteiger partial charge is 0.497 e. The van der Waals surface area contributed by atoms with Gasteiger partial charge in [-0.2, -0.15) is 0 Å². The van der Waals surface area contributed by atoms with Gasteiger partial charge < -0.3 is 10.1 Å². The second-order valence-corrected chi connectivity index (χ2v) is 3.81. The molecule has 18 heavy (non-hydrogen) atoms. The number of ether oxygens (including phenoxy) is 1. The number of carbonyl (C=O) groups excluding carboxylic acids is 1. The van der Waals surface area contributed by atoms with Crippen molar-refractivity contribution in [2.24, 2.45) is 0 Å². The average molecular weight is 242 g/mol. The van der Waals surface area contributed by atoms with E-state index in [1.54, 1.807) is 31.6 Å². The lowest BCUT2D eigenvalue weighted by molar-refractivity contribution is -0.115. The zero-order chi connectivity index (χ0) is 12.8. The van der Waals surface area contributed by atoms with Crippen LogP contribution in [-0.2, 0) is 11.2 Å². The van der Waals surface area contributed by atoms with E-state index in [1.807, 2.05) is 24.3 Å². The summed E-state index contributed by atoms with van der Waals surface area (Å²) >= 11 is 0. The van der Waals surface area contributed by atoms with Gasteiger partial charge in [-0.05, 0) is 29.8 Å². The minimum absolute atomic E-state index is 0.0497. The number of rotatable bonds is 4. The summed E-state index contributed by atoms with van der Waals surface area (Å²) in [6.07, 6.45) is 3.62. The highest BCUT2D eigenvalue weighted by Crippen LogP contribution is 2.12. The van der Waals surface area contributed by atoms with Gasteiger partial charge in [0.1, 0.15) is 5.75 Å². The van der Waals surface area contributed by atoms with E-state index in [9.17, 15) is 4.79 Å². The summed E-state index contributed by atoms with van der Waals surface area (Å²) in [6.45, 7) is 0. The van der Waals surface area contributed by atoms with Crippen molar-refractivity contribution in [2.75, 3.05) is 12.4 Å². The van der Waals surface area contributed by atoms with Crippen molar-refractivity contribution in [3.63, 3.8) is 0 Å². The number of carbonyl (C=O) groups is 1. The zero-order valence-corrected chi connectivity index (χ0v) is 10.1. The third kappa shape index (κ3) is 3.31. The maximum absolute atomic E-state index is 11.8. The molecule has 0 fully saturated rings. The van der Waals surface area contributed by atoms with E-state index in [4.69, 9.17) is 4.74 Å². The number of benzene rings is 1. The van der Waals surface area contributed by atoms with E-state index in [2.05, 4.69) is 10.3 Å². The van der Waals surface area contributed by atoms with Crippen LogP contribution in [0.2, 0.25) is 0 Å². The lowest BCUT2D eigenvalue weighted by Gasteiger charge is -2.05. The quantitative estimate of drug-likeness (QED) is 0.894. The van der Waals surface area contributed by atoms with Gasteiger partial charge in [-0.15, -0.1) is 0 Å². The summed E-state index contributed by atoms with van der Waals surface area (Å²) in [7, 11) is 1.62. The van der Waals surface area contributed by atoms with Gasteiger partial charge in [0.05, 0.1) is 13.5 Å². The van der Waals surface area contributed by atoms with Crippen molar-refractivity contribution in [2.45, 2.75) is 6.42 Å². The summed E-state index contributed by atoms with van der Waals surface area (Å²) in [6, 6.07) is 11.0. The number of aromatic nitrogens is 1. The number of nitrogens with zero attached hydrogens (tertiary/aromatic N) is 1. The van der Waals surface area contributed by atoms with E-state index >= 15 is 0 Å². The monoisotopic (exact) mass is 242 g/mol. The first kappa shape index (κ1) is 12.1. The van der Waals surface area contributed by atoms with Crippen LogP contribution in [0.4, 0.5) is 5.69 Å². The Morgan fingerprint density at radius 1 is 1.17 bits per heavy atom. The van der Waals surface area contributed by atoms with Gasteiger partial charge >= 0.3 is 0 Å². The van der Waals surface area contributed by atoms with Gasteiger partial charge in [0.15, 0.2) is 0 Å². The number of amides is 1. The molecule has 1 N–H and O–H groups in total. The van der Waals surface area contributed by atoms with Gasteiger partial charge in [-0.25, -0.2) is 0 Å². The molecule has 4 heteroatoms. The second-order valence-electron chi connectivity index (χ2n) is 3.81. The van der Waals surface area contributed by atoms with Crippen LogP contribution in [-0.4, -0.2) is 18.0 Å². The Morgan fingerprint density at radius 3 is 2.44 bits per heavy atom. The van der Waals surface area contributed by atoms with Crippen LogP contribution in [0.15, 0.2) is 48.8 Å². The SMILES string of the molecule is COc1ccc(CC(=O)Nc2ccncc2)cc1. The Morgan fingerprint density at radius 2 is 1.83 bits per heavy atom. The van der Waals surface area contributed by atoms with E-state index in [-0.39, 0.29) is 5.91 Å². The highest BCUT2D eigenvalue weighted by Gasteiger charge is 2.04. The molecule has 0 atom stereocenters. The molecule has 1 aromatic carbocycles. The van der Waals surface area contributed by atoms with Crippen molar-refractivity contribution in [3.8, 4) is 5.75 Å². The molecule has 0 saturated carbocycles. The average Bonchev–Trinajstić information content (AvgIpc) is 2.40. The van der Waals surface area contributed by atoms with Crippen LogP contribution in [0.3, 0.4) is 0 Å². The van der Waals surface area contributed by atoms with Crippen LogP contribution in [0.25, 0.3) is 0 Å². The van der Waals surface area contributed by atoms with E-state index < -0.39 is 0 Å². The molecule has 4 nitrogen and oxygen atoms in total. The van der Waals surface area contributed by atoms with Crippen molar-refractivity contribution in [1.82, 2.24) is 4.98 Å². The molecule has 1 amide bonds. The van der Waals surface area contributed by atoms with Gasteiger partial charge in [0.2, 0.25) is 5.91 Å². The number of hydrogen-bond acceptors (Lipinski definition) is 3. The first-order chi connectivity index (χ1) is 8.78. The van der Waals surface area contributed by atoms with Crippen LogP contribution in [0, 0.1) is 0 Å². The minimum atomic E-state index is -0.0497. The fourth-order valence-corrected chi connectivity index (χ4v) is 1.57. The first-order valence-corrected chi connectivity index (χ1v) is 5.61. The molecule has 0 bridgehead atoms. The van der Waals surface area contributed by atoms with E-state index in [0.29, 0.717) is 6.42 Å². The van der Waals surface area contributed by atoms with Crippen LogP contribution in [0.5, 0.6) is 5.75 Å². The summed E-state index contributed by atoms with van der Waals surface area (Å²) in [5, 5.41) is 2.81. The Balaban J connectivity index is 1.94. The Kier molecular flexibility index (Phi) is 3.91. The molecule has 0 aliphatic rings. The summed E-state index contributed by atoms with van der Waals surface area (Å²) < 4.78 is 5.06. The third-order valence-electron chi connectivity index (χ3n) is 2.49. The predicted molar refractivity (Wildman–Crippen MR) is 69.6 cm³/mol. The fourth-order valence-electron chi connectivity index (χ4n) is 1.57. The Hall–Kier alpha value is -2.36. The van der Waals surface area contributed by atoms with Gasteiger partial charge in [0.25, 0.3) is 0 Å². The van der Waals surface area contributed by atoms with Crippen molar-refractivity contribution < 1.29 is 9.53 Å². The molecular formula is C14H14N2O2. The molecule has 1 heterocycles. The van der Waals surface area contributed by atoms with E-state index in [1.165, 1.54) is 0 Å². The molecule has 92 valence electrons. The van der Waals surface area contributed by atoms with Crippen molar-refractivity contribution in [1.29, 1.82) is 0 Å². The van der Waals surface area contributed by atoms with Gasteiger partial charge in [0, 0.05) is 18.1 Å². The summed E-state index contributed by atoms with van der Waals surface area (Å²) in [4.78, 5) is 15.7. The Labute approximate surface area is 106 Å². The molecule has 2 aromatic rings. The van der Waals surface area contributed by atoms with Crippen LogP contribution in [0.1, 0.15) is 5.56 Å². The maximum Gasteiger partial charge on any atom is 0.228 e. The number of methoxy groups -OCH3 is 1. The smallest absolute Gasteiger partial charge is 0.228 e. The first-order valence-electron chi connectivity index (χ1n) is 5.61. The standard InChI is InChI=1S/C14H14N2O2/c1-18-13-4-2-11(3-5-13)10-14(17)16-12-6-8-15-9-7-12/h2-9H,10H2,1H3,(H,15,16,17). The molecule has 0 spiro atoms. The molecule has 2 rings (SSSR count). The third-order valence-corrected chi connectivity index (χ3v) is 2.49. The molecule has 0 aliphatic carbocycles. The van der Waals surface area contributed by atoms with Crippen molar-refractivity contribution in [3.05, 3.63) is 54.4 Å². The minimum Gasteiger partial charge on any atom is -0.497 e. The highest BCUT2D eigenvalue weighted by molar-refractivity contribution is 5.92. The molecule has 0 saturated heterocycles. The summed E-state index contributed by atoms with van der Waals surface area (Å²) in [5.41, 5.74) is 1.70. The normalized spacial score (nSPS) is 9.83. The van der Waals surface area contributed by atoms with Crippen LogP contribution >= 0.6 is 0 Å². The molecular weight excluding hydrogens is 228 g/mol. The van der Waals surface area contributed by atoms with Crippen LogP contribution < -0.4 is 10.1 Å². The number of anilines is 1. The van der Waals surface area contributed by atoms with Gasteiger partial charge in [-0.1, -0.05) is 12.1 Å². The van der Waals surface area contributed by atoms with Crippen molar-refractivity contribution >= 4 is 11.6 Å². The Bertz CT molecular complexity index is 509. The number of pyridine rings is 1. The van der Waals surface area contributed by atoms with E-state index in [0.717, 1.165) is 17.0 Å². The second kappa shape index (κ2) is 5.82. The molecule has 1 aromatic heterocycles. The number of hydrogen-bond donors (Lipinski definition) is 1. The zero-order valence-electron chi connectivity index (χ0n) is 10.1. The topological polar surface area (TPSA) is 51.2 Å². The predicted octanol–water partition coefficient (Wildman–Crippen LogP) is 2.27. The lowest BCUT2D eigenvalue weighted by Crippen LogP contribution is -2.14. The highest BCUT2D eigenvalue weighted by atomic mass is 16.5. The lowest BCUT2D eigenvalue weighted by atomic mass is 10.1.